The standard InChI is InChI=1S/C14H12N2O3S/c1-10-5-4-8-13(14(10)15-9-17)20-12-7-3-2-6-11(12)16(18)19/h2-9H,1H3,(H,15,17). The SMILES string of the molecule is Cc1cccc(Sc2ccccc2[N+](=O)[O-])c1NC=O. The summed E-state index contributed by atoms with van der Waals surface area (Å²) in [6.07, 6.45) is 0.603. The lowest BCUT2D eigenvalue weighted by molar-refractivity contribution is -0.387. The van der Waals surface area contributed by atoms with Crippen LogP contribution < -0.4 is 5.32 Å². The second-order valence-electron chi connectivity index (χ2n) is 4.04. The topological polar surface area (TPSA) is 72.2 Å². The number of amides is 1. The average Bonchev–Trinajstić information content (AvgIpc) is 2.43. The molecule has 2 aromatic rings. The maximum Gasteiger partial charge on any atom is 0.283 e. The van der Waals surface area contributed by atoms with Gasteiger partial charge in [0.1, 0.15) is 0 Å². The molecule has 2 rings (SSSR count). The molecule has 102 valence electrons. The van der Waals surface area contributed by atoms with Crippen LogP contribution in [0.5, 0.6) is 0 Å². The van der Waals surface area contributed by atoms with Crippen molar-refractivity contribution in [2.45, 2.75) is 16.7 Å². The Bertz CT molecular complexity index is 659. The summed E-state index contributed by atoms with van der Waals surface area (Å²) in [4.78, 5) is 22.6. The van der Waals surface area contributed by atoms with Crippen LogP contribution in [0.1, 0.15) is 5.56 Å². The van der Waals surface area contributed by atoms with Crippen LogP contribution in [0.2, 0.25) is 0 Å². The van der Waals surface area contributed by atoms with E-state index in [-0.39, 0.29) is 5.69 Å². The average molecular weight is 288 g/mol. The fraction of sp³-hybridized carbons (Fsp3) is 0.0714. The van der Waals surface area contributed by atoms with Gasteiger partial charge in [0.15, 0.2) is 0 Å². The number of anilines is 1. The predicted octanol–water partition coefficient (Wildman–Crippen LogP) is 3.62. The first-order valence-electron chi connectivity index (χ1n) is 5.84. The van der Waals surface area contributed by atoms with Gasteiger partial charge in [-0.3, -0.25) is 14.9 Å². The Morgan fingerprint density at radius 2 is 1.85 bits per heavy atom. The van der Waals surface area contributed by atoms with Gasteiger partial charge in [0.05, 0.1) is 15.5 Å². The number of nitrogens with zero attached hydrogens (tertiary/aromatic N) is 1. The molecule has 0 saturated carbocycles. The van der Waals surface area contributed by atoms with Crippen LogP contribution in [0.3, 0.4) is 0 Å². The van der Waals surface area contributed by atoms with Crippen molar-refractivity contribution >= 4 is 29.5 Å². The molecular formula is C14H12N2O3S. The highest BCUT2D eigenvalue weighted by Gasteiger charge is 2.15. The lowest BCUT2D eigenvalue weighted by atomic mass is 10.2. The molecule has 0 unspecified atom stereocenters. The second-order valence-corrected chi connectivity index (χ2v) is 5.12. The zero-order valence-corrected chi connectivity index (χ0v) is 11.5. The smallest absolute Gasteiger partial charge is 0.283 e. The quantitative estimate of drug-likeness (QED) is 0.518. The number of carbonyl (C=O) groups excluding carboxylic acids is 1. The summed E-state index contributed by atoms with van der Waals surface area (Å²) in [7, 11) is 0. The zero-order valence-electron chi connectivity index (χ0n) is 10.7. The fourth-order valence-electron chi connectivity index (χ4n) is 1.78. The minimum Gasteiger partial charge on any atom is -0.327 e. The van der Waals surface area contributed by atoms with Gasteiger partial charge in [0.25, 0.3) is 5.69 Å². The van der Waals surface area contributed by atoms with E-state index in [0.29, 0.717) is 17.0 Å². The van der Waals surface area contributed by atoms with E-state index in [1.165, 1.54) is 17.8 Å². The molecular weight excluding hydrogens is 276 g/mol. The van der Waals surface area contributed by atoms with Gasteiger partial charge in [-0.15, -0.1) is 0 Å². The van der Waals surface area contributed by atoms with E-state index < -0.39 is 4.92 Å². The number of nitro groups is 1. The monoisotopic (exact) mass is 288 g/mol. The number of carbonyl (C=O) groups is 1. The summed E-state index contributed by atoms with van der Waals surface area (Å²) in [5.74, 6) is 0. The van der Waals surface area contributed by atoms with Gasteiger partial charge < -0.3 is 5.32 Å². The first-order chi connectivity index (χ1) is 9.63. The van der Waals surface area contributed by atoms with E-state index in [9.17, 15) is 14.9 Å². The Labute approximate surface area is 120 Å². The summed E-state index contributed by atoms with van der Waals surface area (Å²) in [5.41, 5.74) is 1.63. The maximum absolute atomic E-state index is 11.0. The van der Waals surface area contributed by atoms with Crippen molar-refractivity contribution in [3.8, 4) is 0 Å². The molecule has 0 saturated heterocycles. The van der Waals surface area contributed by atoms with E-state index in [1.54, 1.807) is 18.2 Å². The molecule has 0 aliphatic heterocycles. The van der Waals surface area contributed by atoms with Crippen LogP contribution in [0.4, 0.5) is 11.4 Å². The van der Waals surface area contributed by atoms with Crippen LogP contribution in [-0.2, 0) is 4.79 Å². The molecule has 6 heteroatoms. The van der Waals surface area contributed by atoms with Crippen molar-refractivity contribution < 1.29 is 9.72 Å². The number of aryl methyl sites for hydroxylation is 1. The predicted molar refractivity (Wildman–Crippen MR) is 78.1 cm³/mol. The highest BCUT2D eigenvalue weighted by molar-refractivity contribution is 7.99. The van der Waals surface area contributed by atoms with E-state index in [0.717, 1.165) is 10.5 Å². The van der Waals surface area contributed by atoms with Gasteiger partial charge in [-0.2, -0.15) is 0 Å². The maximum atomic E-state index is 11.0. The Morgan fingerprint density at radius 1 is 1.15 bits per heavy atom. The van der Waals surface area contributed by atoms with Crippen LogP contribution in [-0.4, -0.2) is 11.3 Å². The number of nitro benzene ring substituents is 1. The third-order valence-electron chi connectivity index (χ3n) is 2.72. The van der Waals surface area contributed by atoms with E-state index in [1.807, 2.05) is 25.1 Å². The molecule has 20 heavy (non-hydrogen) atoms. The van der Waals surface area contributed by atoms with Crippen molar-refractivity contribution in [3.05, 3.63) is 58.1 Å². The summed E-state index contributed by atoms with van der Waals surface area (Å²) in [6.45, 7) is 1.87. The van der Waals surface area contributed by atoms with Gasteiger partial charge in [-0.1, -0.05) is 36.0 Å². The summed E-state index contributed by atoms with van der Waals surface area (Å²) < 4.78 is 0. The van der Waals surface area contributed by atoms with Crippen LogP contribution in [0.15, 0.2) is 52.3 Å². The van der Waals surface area contributed by atoms with Crippen molar-refractivity contribution in [1.82, 2.24) is 0 Å². The number of benzene rings is 2. The molecule has 1 N–H and O–H groups in total. The van der Waals surface area contributed by atoms with Crippen molar-refractivity contribution in [1.29, 1.82) is 0 Å². The van der Waals surface area contributed by atoms with E-state index in [4.69, 9.17) is 0 Å². The minimum absolute atomic E-state index is 0.0519. The Balaban J connectivity index is 2.43. The molecule has 0 fully saturated rings. The summed E-state index contributed by atoms with van der Waals surface area (Å²) >= 11 is 1.26. The van der Waals surface area contributed by atoms with Gasteiger partial charge in [-0.05, 0) is 24.6 Å². The normalized spacial score (nSPS) is 10.1. The third-order valence-corrected chi connectivity index (χ3v) is 3.84. The highest BCUT2D eigenvalue weighted by Crippen LogP contribution is 2.39. The lowest BCUT2D eigenvalue weighted by Crippen LogP contribution is -1.98. The Kier molecular flexibility index (Phi) is 4.37. The van der Waals surface area contributed by atoms with Crippen LogP contribution in [0, 0.1) is 17.0 Å². The molecule has 0 heterocycles. The minimum atomic E-state index is -0.412. The van der Waals surface area contributed by atoms with Crippen molar-refractivity contribution in [2.75, 3.05) is 5.32 Å². The Morgan fingerprint density at radius 3 is 2.55 bits per heavy atom. The largest absolute Gasteiger partial charge is 0.327 e. The van der Waals surface area contributed by atoms with Gasteiger partial charge in [-0.25, -0.2) is 0 Å². The first-order valence-corrected chi connectivity index (χ1v) is 6.66. The highest BCUT2D eigenvalue weighted by atomic mass is 32.2. The van der Waals surface area contributed by atoms with Gasteiger partial charge >= 0.3 is 0 Å². The zero-order chi connectivity index (χ0) is 14.5. The van der Waals surface area contributed by atoms with Crippen LogP contribution >= 0.6 is 11.8 Å². The molecule has 0 bridgehead atoms. The molecule has 0 spiro atoms. The number of hydrogen-bond acceptors (Lipinski definition) is 4. The molecule has 0 aliphatic rings. The summed E-state index contributed by atoms with van der Waals surface area (Å²) in [6, 6.07) is 12.1. The van der Waals surface area contributed by atoms with E-state index in [2.05, 4.69) is 5.32 Å². The molecule has 0 atom stereocenters. The first kappa shape index (κ1) is 14.1. The number of hydrogen-bond donors (Lipinski definition) is 1. The Hall–Kier alpha value is -2.34. The third kappa shape index (κ3) is 2.97. The number of para-hydroxylation sites is 2. The van der Waals surface area contributed by atoms with E-state index >= 15 is 0 Å². The van der Waals surface area contributed by atoms with Crippen molar-refractivity contribution in [2.24, 2.45) is 0 Å². The van der Waals surface area contributed by atoms with Crippen molar-refractivity contribution in [3.63, 3.8) is 0 Å². The molecule has 0 radical (unpaired) electrons. The molecule has 2 aromatic carbocycles. The summed E-state index contributed by atoms with van der Waals surface area (Å²) in [5, 5.41) is 13.7. The van der Waals surface area contributed by atoms with Crippen LogP contribution in [0.25, 0.3) is 0 Å². The number of nitrogens with one attached hydrogen (secondary N) is 1. The molecule has 0 aromatic heterocycles. The van der Waals surface area contributed by atoms with Gasteiger partial charge in [0.2, 0.25) is 6.41 Å². The lowest BCUT2D eigenvalue weighted by Gasteiger charge is -2.10. The molecule has 5 nitrogen and oxygen atoms in total. The van der Waals surface area contributed by atoms with Gasteiger partial charge in [0, 0.05) is 11.0 Å². The molecule has 0 aliphatic carbocycles. The second kappa shape index (κ2) is 6.21. The molecule has 1 amide bonds. The number of rotatable bonds is 5. The fourth-order valence-corrected chi connectivity index (χ4v) is 2.88.